The first-order valence-corrected chi connectivity index (χ1v) is 7.11. The van der Waals surface area contributed by atoms with E-state index in [9.17, 15) is 4.79 Å². The summed E-state index contributed by atoms with van der Waals surface area (Å²) < 4.78 is 0.927. The Kier molecular flexibility index (Phi) is 3.93. The van der Waals surface area contributed by atoms with Crippen LogP contribution in [0.15, 0.2) is 28.1 Å². The van der Waals surface area contributed by atoms with Gasteiger partial charge in [0.25, 0.3) is 0 Å². The van der Waals surface area contributed by atoms with Crippen molar-refractivity contribution in [3.8, 4) is 0 Å². The third-order valence-electron chi connectivity index (χ3n) is 2.31. The quantitative estimate of drug-likeness (QED) is 0.667. The lowest BCUT2D eigenvalue weighted by atomic mass is 10.0. The molecule has 0 saturated heterocycles. The van der Waals surface area contributed by atoms with E-state index < -0.39 is 0 Å². The van der Waals surface area contributed by atoms with Gasteiger partial charge in [0.1, 0.15) is 0 Å². The van der Waals surface area contributed by atoms with E-state index in [-0.39, 0.29) is 5.78 Å². The van der Waals surface area contributed by atoms with E-state index in [0.717, 1.165) is 8.66 Å². The second kappa shape index (κ2) is 5.11. The lowest BCUT2D eigenvalue weighted by Crippen LogP contribution is -2.02. The van der Waals surface area contributed by atoms with Crippen molar-refractivity contribution < 1.29 is 4.79 Å². The Bertz CT molecular complexity index is 592. The first-order chi connectivity index (χ1) is 7.99. The number of ketones is 1. The molecule has 0 unspecified atom stereocenters. The van der Waals surface area contributed by atoms with Crippen molar-refractivity contribution in [1.29, 1.82) is 0 Å². The van der Waals surface area contributed by atoms with E-state index >= 15 is 0 Å². The fraction of sp³-hybridized carbons (Fsp3) is 0.0833. The van der Waals surface area contributed by atoms with E-state index in [1.807, 2.05) is 6.92 Å². The van der Waals surface area contributed by atoms with Crippen LogP contribution < -0.4 is 0 Å². The third-order valence-corrected chi connectivity index (χ3v) is 4.42. The van der Waals surface area contributed by atoms with Gasteiger partial charge in [-0.2, -0.15) is 0 Å². The minimum atomic E-state index is -0.100. The summed E-state index contributed by atoms with van der Waals surface area (Å²) in [4.78, 5) is 13.3. The Morgan fingerprint density at radius 1 is 1.24 bits per heavy atom. The molecule has 0 N–H and O–H groups in total. The number of benzene rings is 1. The molecule has 0 bridgehead atoms. The molecule has 0 radical (unpaired) electrons. The number of halogens is 3. The van der Waals surface area contributed by atoms with E-state index in [2.05, 4.69) is 15.9 Å². The SMILES string of the molecule is Cc1sc(Br)cc1C(=O)c1cc(Cl)ccc1Cl. The molecule has 0 atom stereocenters. The molecule has 1 aromatic carbocycles. The Balaban J connectivity index is 2.50. The van der Waals surface area contributed by atoms with Gasteiger partial charge in [-0.1, -0.05) is 23.2 Å². The largest absolute Gasteiger partial charge is 0.289 e. The van der Waals surface area contributed by atoms with Gasteiger partial charge < -0.3 is 0 Å². The van der Waals surface area contributed by atoms with Crippen molar-refractivity contribution >= 4 is 56.3 Å². The van der Waals surface area contributed by atoms with Gasteiger partial charge >= 0.3 is 0 Å². The second-order valence-electron chi connectivity index (χ2n) is 3.47. The van der Waals surface area contributed by atoms with Gasteiger partial charge in [-0.05, 0) is 47.1 Å². The second-order valence-corrected chi connectivity index (χ2v) is 6.95. The van der Waals surface area contributed by atoms with E-state index in [0.29, 0.717) is 21.2 Å². The molecule has 0 spiro atoms. The van der Waals surface area contributed by atoms with Crippen LogP contribution in [-0.4, -0.2) is 5.78 Å². The Hall–Kier alpha value is -0.350. The fourth-order valence-electron chi connectivity index (χ4n) is 1.49. The molecular weight excluding hydrogens is 343 g/mol. The summed E-state index contributed by atoms with van der Waals surface area (Å²) in [5.41, 5.74) is 1.10. The number of carbonyl (C=O) groups is 1. The standard InChI is InChI=1S/C12H7BrCl2OS/c1-6-8(5-11(13)17-6)12(16)9-4-7(14)2-3-10(9)15/h2-5H,1H3. The summed E-state index contributed by atoms with van der Waals surface area (Å²) in [6, 6.07) is 6.70. The molecule has 0 aliphatic heterocycles. The maximum atomic E-state index is 12.3. The van der Waals surface area contributed by atoms with Crippen LogP contribution >= 0.6 is 50.5 Å². The Morgan fingerprint density at radius 3 is 2.53 bits per heavy atom. The van der Waals surface area contributed by atoms with Crippen LogP contribution in [0.2, 0.25) is 10.0 Å². The number of hydrogen-bond donors (Lipinski definition) is 0. The minimum Gasteiger partial charge on any atom is -0.289 e. The monoisotopic (exact) mass is 348 g/mol. The molecule has 17 heavy (non-hydrogen) atoms. The Labute approximate surface area is 121 Å². The predicted octanol–water partition coefficient (Wildman–Crippen LogP) is 5.36. The summed E-state index contributed by atoms with van der Waals surface area (Å²) in [6.07, 6.45) is 0. The third kappa shape index (κ3) is 2.74. The van der Waals surface area contributed by atoms with Crippen molar-refractivity contribution in [2.24, 2.45) is 0 Å². The number of aryl methyl sites for hydroxylation is 1. The van der Waals surface area contributed by atoms with E-state index in [4.69, 9.17) is 23.2 Å². The summed E-state index contributed by atoms with van der Waals surface area (Å²) in [5.74, 6) is -0.100. The highest BCUT2D eigenvalue weighted by molar-refractivity contribution is 9.11. The molecule has 2 aromatic rings. The summed E-state index contributed by atoms with van der Waals surface area (Å²) in [5, 5.41) is 0.922. The highest BCUT2D eigenvalue weighted by Crippen LogP contribution is 2.30. The molecular formula is C12H7BrCl2OS. The maximum Gasteiger partial charge on any atom is 0.195 e. The van der Waals surface area contributed by atoms with E-state index in [1.54, 1.807) is 24.3 Å². The van der Waals surface area contributed by atoms with Crippen molar-refractivity contribution in [2.45, 2.75) is 6.92 Å². The van der Waals surface area contributed by atoms with Crippen LogP contribution in [0, 0.1) is 6.92 Å². The van der Waals surface area contributed by atoms with Crippen molar-refractivity contribution in [3.05, 3.63) is 54.1 Å². The van der Waals surface area contributed by atoms with Gasteiger partial charge in [0, 0.05) is 21.0 Å². The lowest BCUT2D eigenvalue weighted by molar-refractivity contribution is 0.103. The number of hydrogen-bond acceptors (Lipinski definition) is 2. The minimum absolute atomic E-state index is 0.100. The van der Waals surface area contributed by atoms with Crippen molar-refractivity contribution in [1.82, 2.24) is 0 Å². The van der Waals surface area contributed by atoms with Gasteiger partial charge in [0.2, 0.25) is 0 Å². The molecule has 1 aromatic heterocycles. The highest BCUT2D eigenvalue weighted by Gasteiger charge is 2.17. The lowest BCUT2D eigenvalue weighted by Gasteiger charge is -2.03. The number of thiophene rings is 1. The van der Waals surface area contributed by atoms with Crippen LogP contribution in [0.1, 0.15) is 20.8 Å². The van der Waals surface area contributed by atoms with Crippen LogP contribution in [0.5, 0.6) is 0 Å². The van der Waals surface area contributed by atoms with Crippen LogP contribution in [0.25, 0.3) is 0 Å². The zero-order chi connectivity index (χ0) is 12.6. The van der Waals surface area contributed by atoms with Gasteiger partial charge in [-0.3, -0.25) is 4.79 Å². The van der Waals surface area contributed by atoms with Crippen molar-refractivity contribution in [2.75, 3.05) is 0 Å². The van der Waals surface area contributed by atoms with Crippen molar-refractivity contribution in [3.63, 3.8) is 0 Å². The smallest absolute Gasteiger partial charge is 0.195 e. The molecule has 0 saturated carbocycles. The molecule has 2 rings (SSSR count). The Morgan fingerprint density at radius 2 is 1.94 bits per heavy atom. The predicted molar refractivity (Wildman–Crippen MR) is 76.7 cm³/mol. The number of carbonyl (C=O) groups excluding carboxylic acids is 1. The summed E-state index contributed by atoms with van der Waals surface area (Å²) >= 11 is 16.8. The highest BCUT2D eigenvalue weighted by atomic mass is 79.9. The molecule has 0 amide bonds. The molecule has 5 heteroatoms. The first-order valence-electron chi connectivity index (χ1n) is 4.74. The average Bonchev–Trinajstić information content (AvgIpc) is 2.60. The van der Waals surface area contributed by atoms with Crippen LogP contribution in [-0.2, 0) is 0 Å². The maximum absolute atomic E-state index is 12.3. The summed E-state index contributed by atoms with van der Waals surface area (Å²) in [7, 11) is 0. The zero-order valence-electron chi connectivity index (χ0n) is 8.76. The molecule has 1 nitrogen and oxygen atoms in total. The van der Waals surface area contributed by atoms with E-state index in [1.165, 1.54) is 11.3 Å². The van der Waals surface area contributed by atoms with Gasteiger partial charge in [0.05, 0.1) is 8.81 Å². The van der Waals surface area contributed by atoms with Crippen LogP contribution in [0.4, 0.5) is 0 Å². The van der Waals surface area contributed by atoms with Crippen LogP contribution in [0.3, 0.4) is 0 Å². The van der Waals surface area contributed by atoms with Gasteiger partial charge in [0.15, 0.2) is 5.78 Å². The topological polar surface area (TPSA) is 17.1 Å². The molecule has 0 fully saturated rings. The number of rotatable bonds is 2. The molecule has 0 aliphatic rings. The normalized spacial score (nSPS) is 10.6. The fourth-order valence-corrected chi connectivity index (χ4v) is 3.55. The zero-order valence-corrected chi connectivity index (χ0v) is 12.7. The first kappa shape index (κ1) is 13.1. The molecule has 88 valence electrons. The van der Waals surface area contributed by atoms with Gasteiger partial charge in [-0.15, -0.1) is 11.3 Å². The molecule has 0 aliphatic carbocycles. The average molecular weight is 350 g/mol. The summed E-state index contributed by atoms with van der Waals surface area (Å²) in [6.45, 7) is 1.90. The van der Waals surface area contributed by atoms with Gasteiger partial charge in [-0.25, -0.2) is 0 Å². The molecule has 1 heterocycles.